The van der Waals surface area contributed by atoms with Gasteiger partial charge in [0.05, 0.1) is 5.56 Å². The smallest absolute Gasteiger partial charge is 0.198 e. The Kier molecular flexibility index (Phi) is 4.70. The van der Waals surface area contributed by atoms with Crippen molar-refractivity contribution in [2.24, 2.45) is 0 Å². The number of furan rings is 1. The number of para-hydroxylation sites is 1. The first-order valence-corrected chi connectivity index (χ1v) is 10.1. The summed E-state index contributed by atoms with van der Waals surface area (Å²) < 4.78 is 18.3. The molecule has 0 saturated carbocycles. The predicted molar refractivity (Wildman–Crippen MR) is 113 cm³/mol. The fourth-order valence-corrected chi connectivity index (χ4v) is 3.74. The zero-order chi connectivity index (χ0) is 19.8. The molecule has 0 amide bonds. The third kappa shape index (κ3) is 3.71. The number of halogens is 1. The van der Waals surface area contributed by atoms with Crippen LogP contribution in [0.1, 0.15) is 27.8 Å². The Balaban J connectivity index is 1.36. The predicted octanol–water partition coefficient (Wildman–Crippen LogP) is 6.10. The number of ketones is 1. The van der Waals surface area contributed by atoms with Gasteiger partial charge in [0, 0.05) is 9.86 Å². The van der Waals surface area contributed by atoms with E-state index < -0.39 is 6.10 Å². The van der Waals surface area contributed by atoms with Crippen LogP contribution in [0.2, 0.25) is 0 Å². The van der Waals surface area contributed by atoms with Gasteiger partial charge in [-0.2, -0.15) is 0 Å². The second-order valence-electron chi connectivity index (χ2n) is 6.94. The largest absolute Gasteiger partial charge is 0.488 e. The Bertz CT molecular complexity index is 1150. The van der Waals surface area contributed by atoms with Crippen LogP contribution >= 0.6 is 15.9 Å². The average Bonchev–Trinajstić information content (AvgIpc) is 3.44. The summed E-state index contributed by atoms with van der Waals surface area (Å²) in [4.78, 5) is 13.1. The minimum absolute atomic E-state index is 0.111. The van der Waals surface area contributed by atoms with Crippen molar-refractivity contribution in [3.05, 3.63) is 100 Å². The third-order valence-corrected chi connectivity index (χ3v) is 5.41. The van der Waals surface area contributed by atoms with Gasteiger partial charge in [-0.25, -0.2) is 0 Å². The number of hydrogen-bond donors (Lipinski definition) is 0. The number of epoxide rings is 1. The number of fused-ring (bicyclic) bond motifs is 1. The SMILES string of the molecule is O=C(c1cc(Br)ccc1OCc1ccccc1)[C@H]1O[C@H]1c1cc2ccccc2o1. The number of hydrogen-bond acceptors (Lipinski definition) is 4. The fourth-order valence-electron chi connectivity index (χ4n) is 3.38. The number of benzene rings is 3. The van der Waals surface area contributed by atoms with Crippen molar-refractivity contribution < 1.29 is 18.7 Å². The summed E-state index contributed by atoms with van der Waals surface area (Å²) in [7, 11) is 0. The van der Waals surface area contributed by atoms with Crippen LogP contribution < -0.4 is 4.74 Å². The van der Waals surface area contributed by atoms with E-state index in [1.807, 2.05) is 66.7 Å². The van der Waals surface area contributed by atoms with Gasteiger partial charge in [0.1, 0.15) is 29.8 Å². The summed E-state index contributed by atoms with van der Waals surface area (Å²) >= 11 is 3.45. The molecule has 2 heterocycles. The van der Waals surface area contributed by atoms with Gasteiger partial charge in [-0.3, -0.25) is 4.79 Å². The molecule has 4 nitrogen and oxygen atoms in total. The number of Topliss-reactive ketones (excluding diaryl/α,β-unsaturated/α-hetero) is 1. The molecule has 5 heteroatoms. The normalized spacial score (nSPS) is 18.0. The van der Waals surface area contributed by atoms with Gasteiger partial charge >= 0.3 is 0 Å². The maximum Gasteiger partial charge on any atom is 0.198 e. The summed E-state index contributed by atoms with van der Waals surface area (Å²) in [6, 6.07) is 25.0. The average molecular weight is 449 g/mol. The van der Waals surface area contributed by atoms with Crippen molar-refractivity contribution in [1.82, 2.24) is 0 Å². The number of rotatable bonds is 6. The van der Waals surface area contributed by atoms with E-state index in [0.29, 0.717) is 23.7 Å². The van der Waals surface area contributed by atoms with Gasteiger partial charge in [0.25, 0.3) is 0 Å². The Morgan fingerprint density at radius 1 is 0.966 bits per heavy atom. The molecule has 1 aromatic heterocycles. The molecule has 0 bridgehead atoms. The quantitative estimate of drug-likeness (QED) is 0.264. The molecule has 144 valence electrons. The van der Waals surface area contributed by atoms with E-state index in [0.717, 1.165) is 21.0 Å². The van der Waals surface area contributed by atoms with Crippen molar-refractivity contribution in [3.8, 4) is 5.75 Å². The molecule has 0 radical (unpaired) electrons. The first-order valence-electron chi connectivity index (χ1n) is 9.33. The monoisotopic (exact) mass is 448 g/mol. The van der Waals surface area contributed by atoms with Crippen LogP contribution in [0.25, 0.3) is 11.0 Å². The van der Waals surface area contributed by atoms with E-state index in [4.69, 9.17) is 13.9 Å². The van der Waals surface area contributed by atoms with E-state index in [1.165, 1.54) is 0 Å². The topological polar surface area (TPSA) is 52.0 Å². The first kappa shape index (κ1) is 18.2. The molecule has 0 spiro atoms. The molecular weight excluding hydrogens is 432 g/mol. The van der Waals surface area contributed by atoms with Crippen LogP contribution in [-0.2, 0) is 11.3 Å². The van der Waals surface area contributed by atoms with Crippen LogP contribution in [-0.4, -0.2) is 11.9 Å². The minimum Gasteiger partial charge on any atom is -0.488 e. The molecule has 0 unspecified atom stereocenters. The van der Waals surface area contributed by atoms with E-state index in [1.54, 1.807) is 12.1 Å². The summed E-state index contributed by atoms with van der Waals surface area (Å²) in [6.45, 7) is 0.390. The Morgan fingerprint density at radius 2 is 1.76 bits per heavy atom. The lowest BCUT2D eigenvalue weighted by atomic mass is 10.0. The second kappa shape index (κ2) is 7.50. The Labute approximate surface area is 176 Å². The Morgan fingerprint density at radius 3 is 2.59 bits per heavy atom. The molecule has 4 aromatic rings. The van der Waals surface area contributed by atoms with E-state index in [2.05, 4.69) is 15.9 Å². The number of ether oxygens (including phenoxy) is 2. The van der Waals surface area contributed by atoms with E-state index >= 15 is 0 Å². The number of carbonyl (C=O) groups excluding carboxylic acids is 1. The highest BCUT2D eigenvalue weighted by Crippen LogP contribution is 2.43. The highest BCUT2D eigenvalue weighted by Gasteiger charge is 2.49. The lowest BCUT2D eigenvalue weighted by Crippen LogP contribution is -2.11. The summed E-state index contributed by atoms with van der Waals surface area (Å²) in [5, 5.41) is 0.999. The van der Waals surface area contributed by atoms with Crippen LogP contribution in [0.3, 0.4) is 0 Å². The fraction of sp³-hybridized carbons (Fsp3) is 0.125. The molecule has 1 fully saturated rings. The standard InChI is InChI=1S/C24H17BrO4/c25-17-10-11-20(27-14-15-6-2-1-3-7-15)18(13-17)22(26)24-23(29-24)21-12-16-8-4-5-9-19(16)28-21/h1-13,23-24H,14H2/t23-,24+/m0/s1. The van der Waals surface area contributed by atoms with Crippen molar-refractivity contribution in [1.29, 1.82) is 0 Å². The molecule has 29 heavy (non-hydrogen) atoms. The molecule has 1 aliphatic rings. The lowest BCUT2D eigenvalue weighted by Gasteiger charge is -2.11. The van der Waals surface area contributed by atoms with Crippen molar-refractivity contribution in [2.75, 3.05) is 0 Å². The first-order chi connectivity index (χ1) is 14.2. The summed E-state index contributed by atoms with van der Waals surface area (Å²) in [5.41, 5.74) is 2.33. The molecule has 1 saturated heterocycles. The van der Waals surface area contributed by atoms with Gasteiger partial charge in [0.2, 0.25) is 0 Å². The van der Waals surface area contributed by atoms with Gasteiger partial charge in [-0.1, -0.05) is 64.5 Å². The second-order valence-corrected chi connectivity index (χ2v) is 7.86. The van der Waals surface area contributed by atoms with Gasteiger partial charge in [-0.05, 0) is 35.9 Å². The van der Waals surface area contributed by atoms with Crippen LogP contribution in [0.5, 0.6) is 5.75 Å². The molecular formula is C24H17BrO4. The van der Waals surface area contributed by atoms with Crippen molar-refractivity contribution in [2.45, 2.75) is 18.8 Å². The molecule has 3 aromatic carbocycles. The van der Waals surface area contributed by atoms with Gasteiger partial charge < -0.3 is 13.9 Å². The lowest BCUT2D eigenvalue weighted by molar-refractivity contribution is 0.0949. The van der Waals surface area contributed by atoms with Crippen molar-refractivity contribution >= 4 is 32.7 Å². The highest BCUT2D eigenvalue weighted by atomic mass is 79.9. The zero-order valence-electron chi connectivity index (χ0n) is 15.4. The zero-order valence-corrected chi connectivity index (χ0v) is 17.0. The van der Waals surface area contributed by atoms with Gasteiger partial charge in [-0.15, -0.1) is 0 Å². The van der Waals surface area contributed by atoms with Crippen LogP contribution in [0.4, 0.5) is 0 Å². The number of carbonyl (C=O) groups is 1. The van der Waals surface area contributed by atoms with Gasteiger partial charge in [0.15, 0.2) is 11.9 Å². The molecule has 0 N–H and O–H groups in total. The Hall–Kier alpha value is -2.89. The van der Waals surface area contributed by atoms with E-state index in [-0.39, 0.29) is 11.9 Å². The third-order valence-electron chi connectivity index (χ3n) is 4.92. The molecule has 2 atom stereocenters. The molecule has 0 aliphatic carbocycles. The summed E-state index contributed by atoms with van der Waals surface area (Å²) in [6.07, 6.45) is -0.931. The minimum atomic E-state index is -0.566. The highest BCUT2D eigenvalue weighted by molar-refractivity contribution is 9.10. The molecule has 1 aliphatic heterocycles. The summed E-state index contributed by atoms with van der Waals surface area (Å²) in [5.74, 6) is 1.10. The van der Waals surface area contributed by atoms with Crippen LogP contribution in [0.15, 0.2) is 87.8 Å². The van der Waals surface area contributed by atoms with Crippen molar-refractivity contribution in [3.63, 3.8) is 0 Å². The van der Waals surface area contributed by atoms with Crippen LogP contribution in [0, 0.1) is 0 Å². The maximum absolute atomic E-state index is 13.1. The molecule has 5 rings (SSSR count). The van der Waals surface area contributed by atoms with E-state index in [9.17, 15) is 4.79 Å². The maximum atomic E-state index is 13.1.